The van der Waals surface area contributed by atoms with E-state index in [-0.39, 0.29) is 5.96 Å². The second-order valence-electron chi connectivity index (χ2n) is 14.6. The van der Waals surface area contributed by atoms with Gasteiger partial charge in [-0.15, -0.1) is 11.8 Å². The third-order valence-corrected chi connectivity index (χ3v) is 8.17. The summed E-state index contributed by atoms with van der Waals surface area (Å²) in [4.78, 5) is 52.0. The second kappa shape index (κ2) is 26.4. The number of hydrogen-bond donors (Lipinski definition) is 9. The zero-order chi connectivity index (χ0) is 47.0. The summed E-state index contributed by atoms with van der Waals surface area (Å²) < 4.78 is 12.7. The van der Waals surface area contributed by atoms with Crippen LogP contribution in [0.5, 0.6) is 0 Å². The standard InChI is InChI=1S/C15H20N4O2.C9H11N5.C8H9N3.C8H15NO2S.ClHN4/c1-10(19-14(20)21-15(2,3)4)17-8-11-9-18-13-12(11)6-5-7-16-13;10-9(11)14-5-6-4-13-8-7(6)2-1-3-12-8;9-4-6-5-11-8-7(6)2-1-3-10-8;1-6(12-5)9-7(10)11-8(2,3)4;1-3-5-4-2/h5-7,9,17H,1,8H2,2-4H3,(H,16,18)(H,19,20);1-4H,5H2,(H,12,13)(H4,10,11,14);1-3,5H,4,9H2,(H,10,11);1-5H3;2H. The summed E-state index contributed by atoms with van der Waals surface area (Å²) in [6.07, 6.45) is 11.7. The minimum Gasteiger partial charge on any atom is -0.444 e. The number of pyridine rings is 3. The largest absolute Gasteiger partial charge is 0.444 e. The van der Waals surface area contributed by atoms with Gasteiger partial charge >= 0.3 is 12.2 Å². The molecule has 6 aromatic heterocycles. The summed E-state index contributed by atoms with van der Waals surface area (Å²) in [5.74, 6) is 0.491. The molecule has 0 atom stereocenters. The van der Waals surface area contributed by atoms with E-state index in [1.54, 1.807) is 25.5 Å². The predicted octanol–water partition coefficient (Wildman–Crippen LogP) is 8.25. The lowest BCUT2D eigenvalue weighted by Gasteiger charge is -2.20. The molecule has 12 N–H and O–H groups in total. The molecule has 0 radical (unpaired) electrons. The molecule has 0 spiro atoms. The number of amides is 2. The van der Waals surface area contributed by atoms with Crippen molar-refractivity contribution in [1.29, 1.82) is 5.53 Å². The molecule has 2 amide bonds. The van der Waals surface area contributed by atoms with E-state index in [4.69, 9.17) is 32.2 Å². The molecule has 6 heterocycles. The Morgan fingerprint density at radius 3 is 1.75 bits per heavy atom. The Morgan fingerprint density at radius 1 is 0.841 bits per heavy atom. The molecule has 23 heteroatoms. The van der Waals surface area contributed by atoms with E-state index in [2.05, 4.69) is 84.0 Å². The predicted molar refractivity (Wildman–Crippen MR) is 250 cm³/mol. The number of carbonyl (C=O) groups is 2. The Hall–Kier alpha value is -6.91. The van der Waals surface area contributed by atoms with Gasteiger partial charge in [-0.05, 0) is 113 Å². The first-order valence-corrected chi connectivity index (χ1v) is 20.5. The van der Waals surface area contributed by atoms with Crippen LogP contribution in [-0.2, 0) is 29.1 Å². The lowest BCUT2D eigenvalue weighted by atomic mass is 10.2. The number of nitrogens with one attached hydrogen (secondary N) is 6. The molecule has 0 bridgehead atoms. The minimum atomic E-state index is -0.535. The number of ether oxygens (including phenoxy) is 2. The van der Waals surface area contributed by atoms with Gasteiger partial charge in [-0.3, -0.25) is 5.32 Å². The summed E-state index contributed by atoms with van der Waals surface area (Å²) in [6.45, 7) is 18.0. The van der Waals surface area contributed by atoms with Crippen LogP contribution in [-0.4, -0.2) is 70.6 Å². The first-order chi connectivity index (χ1) is 29.8. The topological polar surface area (TPSA) is 326 Å². The molecule has 0 saturated heterocycles. The maximum atomic E-state index is 11.6. The van der Waals surface area contributed by atoms with E-state index in [1.807, 2.05) is 103 Å². The number of fused-ring (bicyclic) bond motifs is 3. The Morgan fingerprint density at radius 2 is 1.32 bits per heavy atom. The van der Waals surface area contributed by atoms with E-state index in [1.165, 1.54) is 11.8 Å². The van der Waals surface area contributed by atoms with Gasteiger partial charge in [-0.1, -0.05) is 11.2 Å². The Kier molecular flexibility index (Phi) is 21.9. The summed E-state index contributed by atoms with van der Waals surface area (Å²) >= 11 is 5.97. The van der Waals surface area contributed by atoms with Crippen LogP contribution in [0.25, 0.3) is 33.1 Å². The molecule has 0 saturated carbocycles. The third-order valence-electron chi connectivity index (χ3n) is 7.42. The zero-order valence-corrected chi connectivity index (χ0v) is 38.1. The van der Waals surface area contributed by atoms with Gasteiger partial charge in [-0.25, -0.2) is 29.5 Å². The number of hydrogen-bond acceptors (Lipinski definition) is 13. The molecule has 0 aliphatic heterocycles. The van der Waals surface area contributed by atoms with Crippen molar-refractivity contribution in [2.24, 2.45) is 42.3 Å². The number of carbonyl (C=O) groups excluding carboxylic acids is 2. The fourth-order valence-corrected chi connectivity index (χ4v) is 5.01. The van der Waals surface area contributed by atoms with E-state index >= 15 is 0 Å². The average molecular weight is 907 g/mol. The van der Waals surface area contributed by atoms with Crippen molar-refractivity contribution in [3.63, 3.8) is 0 Å². The molecule has 0 aliphatic carbocycles. The number of H-pyrrole nitrogens is 3. The Bertz CT molecular complexity index is 2460. The van der Waals surface area contributed by atoms with Gasteiger partial charge in [0.05, 0.1) is 23.4 Å². The Labute approximate surface area is 374 Å². The summed E-state index contributed by atoms with van der Waals surface area (Å²) in [5.41, 5.74) is 26.7. The Balaban J connectivity index is 0.000000287. The molecule has 0 aromatic carbocycles. The van der Waals surface area contributed by atoms with Crippen molar-refractivity contribution < 1.29 is 19.1 Å². The number of guanidine groups is 1. The quantitative estimate of drug-likeness (QED) is 0.0302. The number of rotatable bonds is 8. The highest BCUT2D eigenvalue weighted by Gasteiger charge is 2.17. The molecule has 338 valence electrons. The molecular formula is C40H56ClN17O4S. The maximum Gasteiger partial charge on any atom is 0.434 e. The van der Waals surface area contributed by atoms with Crippen LogP contribution in [0.1, 0.15) is 65.2 Å². The number of aromatic amines is 3. The van der Waals surface area contributed by atoms with Crippen LogP contribution in [0.4, 0.5) is 9.59 Å². The lowest BCUT2D eigenvalue weighted by molar-refractivity contribution is 0.0540. The smallest absolute Gasteiger partial charge is 0.434 e. The van der Waals surface area contributed by atoms with Crippen molar-refractivity contribution in [3.05, 3.63) is 103 Å². The SMILES string of the molecule is C=C(NCc1c[nH]c2ncccc12)NC(=O)OC(C)(C)C.CSC(C)=NC(=O)OC(C)(C)C.N=NN=NCl.NC(N)=NCc1c[nH]c2ncccc12.NCc1c[nH]c2ncccc12. The average Bonchev–Trinajstić information content (AvgIpc) is 3.96. The number of aliphatic imine (C=N–C) groups is 2. The summed E-state index contributed by atoms with van der Waals surface area (Å²) in [6, 6.07) is 11.7. The van der Waals surface area contributed by atoms with E-state index in [0.29, 0.717) is 30.5 Å². The van der Waals surface area contributed by atoms with Crippen LogP contribution in [0.2, 0.25) is 0 Å². The number of aromatic nitrogens is 6. The van der Waals surface area contributed by atoms with E-state index in [0.717, 1.165) is 49.8 Å². The molecule has 6 rings (SSSR count). The van der Waals surface area contributed by atoms with Gasteiger partial charge in [0.25, 0.3) is 0 Å². The van der Waals surface area contributed by atoms with Crippen molar-refractivity contribution in [1.82, 2.24) is 40.5 Å². The molecule has 21 nitrogen and oxygen atoms in total. The molecule has 6 aromatic rings. The summed E-state index contributed by atoms with van der Waals surface area (Å²) in [7, 11) is 0. The highest BCUT2D eigenvalue weighted by atomic mass is 35.5. The first kappa shape index (κ1) is 52.2. The van der Waals surface area contributed by atoms with Gasteiger partial charge in [0.2, 0.25) is 0 Å². The highest BCUT2D eigenvalue weighted by molar-refractivity contribution is 8.13. The molecule has 63 heavy (non-hydrogen) atoms. The van der Waals surface area contributed by atoms with Crippen molar-refractivity contribution in [3.8, 4) is 0 Å². The lowest BCUT2D eigenvalue weighted by Crippen LogP contribution is -2.35. The van der Waals surface area contributed by atoms with Crippen molar-refractivity contribution >= 4 is 79.8 Å². The normalized spacial score (nSPS) is 11.0. The van der Waals surface area contributed by atoms with E-state index < -0.39 is 23.4 Å². The van der Waals surface area contributed by atoms with Gasteiger partial charge in [-0.2, -0.15) is 10.5 Å². The monoisotopic (exact) mass is 905 g/mol. The fraction of sp³-hybridized carbons (Fsp3) is 0.325. The zero-order valence-electron chi connectivity index (χ0n) is 36.5. The number of halogens is 1. The number of nitrogens with two attached hydrogens (primary N) is 3. The van der Waals surface area contributed by atoms with Crippen molar-refractivity contribution in [2.45, 2.75) is 79.3 Å². The molecular weight excluding hydrogens is 850 g/mol. The second-order valence-corrected chi connectivity index (χ2v) is 15.8. The van der Waals surface area contributed by atoms with Crippen LogP contribution < -0.4 is 27.8 Å². The molecule has 0 unspecified atom stereocenters. The van der Waals surface area contributed by atoms with Gasteiger partial charge in [0, 0.05) is 72.0 Å². The number of thioether (sulfide) groups is 1. The fourth-order valence-electron chi connectivity index (χ4n) is 4.81. The van der Waals surface area contributed by atoms with Crippen LogP contribution >= 0.6 is 23.5 Å². The number of nitrogens with zero attached hydrogens (tertiary/aromatic N) is 8. The molecule has 0 aliphatic rings. The number of alkyl carbamates (subject to hydrolysis) is 1. The van der Waals surface area contributed by atoms with Crippen LogP contribution in [0.3, 0.4) is 0 Å². The highest BCUT2D eigenvalue weighted by Crippen LogP contribution is 2.17. The minimum absolute atomic E-state index is 0.100. The molecule has 0 fully saturated rings. The van der Waals surface area contributed by atoms with Crippen molar-refractivity contribution in [2.75, 3.05) is 6.26 Å². The van der Waals surface area contributed by atoms with Crippen LogP contribution in [0.15, 0.2) is 111 Å². The van der Waals surface area contributed by atoms with Gasteiger partial charge in [0.15, 0.2) is 5.96 Å². The van der Waals surface area contributed by atoms with Gasteiger partial charge in [0.1, 0.15) is 34.0 Å². The maximum absolute atomic E-state index is 11.6. The first-order valence-electron chi connectivity index (χ1n) is 18.9. The van der Waals surface area contributed by atoms with Crippen LogP contribution in [0, 0.1) is 5.53 Å². The van der Waals surface area contributed by atoms with Gasteiger partial charge < -0.3 is 46.9 Å². The summed E-state index contributed by atoms with van der Waals surface area (Å²) in [5, 5.41) is 14.6. The van der Waals surface area contributed by atoms with E-state index in [9.17, 15) is 9.59 Å². The third kappa shape index (κ3) is 20.5.